The van der Waals surface area contributed by atoms with Crippen LogP contribution in [0.5, 0.6) is 11.5 Å². The van der Waals surface area contributed by atoms with E-state index in [0.29, 0.717) is 19.8 Å². The molecule has 0 bridgehead atoms. The molecule has 112 valence electrons. The summed E-state index contributed by atoms with van der Waals surface area (Å²) in [5.74, 6) is 0.256. The fourth-order valence-electron chi connectivity index (χ4n) is 1.34. The predicted octanol–water partition coefficient (Wildman–Crippen LogP) is 2.76. The van der Waals surface area contributed by atoms with Crippen LogP contribution in [0.2, 0.25) is 0 Å². The number of hydrogen-bond donors (Lipinski definition) is 0. The molecule has 0 aromatic carbocycles. The summed E-state index contributed by atoms with van der Waals surface area (Å²) >= 11 is 5.34. The topological polar surface area (TPSA) is 66.9 Å². The minimum Gasteiger partial charge on any atom is -0.472 e. The molecule has 0 atom stereocenters. The molecule has 20 heavy (non-hydrogen) atoms. The van der Waals surface area contributed by atoms with Crippen LogP contribution in [0.1, 0.15) is 13.8 Å². The van der Waals surface area contributed by atoms with E-state index in [1.807, 2.05) is 22.6 Å². The van der Waals surface area contributed by atoms with Crippen molar-refractivity contribution in [3.05, 3.63) is 14.4 Å². The third-order valence-corrected chi connectivity index (χ3v) is 3.32. The lowest BCUT2D eigenvalue weighted by Crippen LogP contribution is -2.39. The Morgan fingerprint density at radius 1 is 1.45 bits per heavy atom. The molecule has 1 aromatic heterocycles. The van der Waals surface area contributed by atoms with Gasteiger partial charge in [0.15, 0.2) is 28.5 Å². The van der Waals surface area contributed by atoms with Crippen molar-refractivity contribution in [2.45, 2.75) is 19.4 Å². The van der Waals surface area contributed by atoms with E-state index < -0.39 is 11.6 Å². The number of carbonyl (C=O) groups is 1. The molecule has 0 amide bonds. The Bertz CT molecular complexity index is 495. The molecule has 0 aliphatic rings. The molecule has 0 saturated carbocycles. The van der Waals surface area contributed by atoms with Gasteiger partial charge in [-0.05, 0) is 52.4 Å². The zero-order valence-corrected chi connectivity index (χ0v) is 15.3. The Hall–Kier alpha value is -0.610. The van der Waals surface area contributed by atoms with E-state index in [9.17, 15) is 4.79 Å². The second-order valence-electron chi connectivity index (χ2n) is 4.22. The van der Waals surface area contributed by atoms with Crippen molar-refractivity contribution in [3.8, 4) is 11.5 Å². The number of nitrogens with zero attached hydrogens (tertiary/aromatic N) is 1. The van der Waals surface area contributed by atoms with E-state index in [2.05, 4.69) is 20.9 Å². The SMILES string of the molecule is COCOc1c(OC(C)(C)C(=O)OC)cc(I)nc1Br. The minimum atomic E-state index is -1.15. The molecule has 1 aromatic rings. The van der Waals surface area contributed by atoms with Crippen molar-refractivity contribution in [2.24, 2.45) is 0 Å². The monoisotopic (exact) mass is 459 g/mol. The number of pyridine rings is 1. The standard InChI is InChI=1S/C12H15BrINO5/c1-12(2,11(16)18-4)20-7-5-8(14)15-10(13)9(7)19-6-17-3/h5H,6H2,1-4H3. The van der Waals surface area contributed by atoms with Crippen molar-refractivity contribution in [2.75, 3.05) is 21.0 Å². The fourth-order valence-corrected chi connectivity index (χ4v) is 2.70. The highest BCUT2D eigenvalue weighted by Gasteiger charge is 2.33. The summed E-state index contributed by atoms with van der Waals surface area (Å²) in [4.78, 5) is 15.9. The highest BCUT2D eigenvalue weighted by Crippen LogP contribution is 2.37. The Kier molecular flexibility index (Phi) is 6.46. The maximum atomic E-state index is 11.7. The average Bonchev–Trinajstić information content (AvgIpc) is 2.36. The van der Waals surface area contributed by atoms with Crippen molar-refractivity contribution in [1.82, 2.24) is 4.98 Å². The van der Waals surface area contributed by atoms with Crippen LogP contribution < -0.4 is 9.47 Å². The molecule has 6 nitrogen and oxygen atoms in total. The first-order chi connectivity index (χ1) is 9.31. The van der Waals surface area contributed by atoms with E-state index in [4.69, 9.17) is 18.9 Å². The summed E-state index contributed by atoms with van der Waals surface area (Å²) in [6.45, 7) is 3.26. The Morgan fingerprint density at radius 3 is 2.65 bits per heavy atom. The van der Waals surface area contributed by atoms with E-state index >= 15 is 0 Å². The van der Waals surface area contributed by atoms with E-state index in [0.717, 1.165) is 0 Å². The summed E-state index contributed by atoms with van der Waals surface area (Å²) in [6.07, 6.45) is 0. The van der Waals surface area contributed by atoms with Gasteiger partial charge in [0.1, 0.15) is 3.70 Å². The number of methoxy groups -OCH3 is 2. The molecular weight excluding hydrogens is 445 g/mol. The highest BCUT2D eigenvalue weighted by atomic mass is 127. The van der Waals surface area contributed by atoms with Crippen molar-refractivity contribution in [1.29, 1.82) is 0 Å². The van der Waals surface area contributed by atoms with Gasteiger partial charge >= 0.3 is 5.97 Å². The van der Waals surface area contributed by atoms with Crippen LogP contribution in [0.25, 0.3) is 0 Å². The number of carbonyl (C=O) groups excluding carboxylic acids is 1. The molecule has 0 radical (unpaired) electrons. The van der Waals surface area contributed by atoms with Crippen LogP contribution in [0, 0.1) is 3.70 Å². The Balaban J connectivity index is 3.12. The van der Waals surface area contributed by atoms with Gasteiger partial charge in [0.25, 0.3) is 0 Å². The zero-order valence-electron chi connectivity index (χ0n) is 11.5. The molecule has 0 unspecified atom stereocenters. The smallest absolute Gasteiger partial charge is 0.349 e. The van der Waals surface area contributed by atoms with Crippen LogP contribution in [0.15, 0.2) is 10.7 Å². The maximum absolute atomic E-state index is 11.7. The molecule has 0 N–H and O–H groups in total. The molecule has 0 spiro atoms. The summed E-state index contributed by atoms with van der Waals surface area (Å²) in [6, 6.07) is 1.67. The molecular formula is C12H15BrINO5. The summed E-state index contributed by atoms with van der Waals surface area (Å²) < 4.78 is 21.9. The van der Waals surface area contributed by atoms with Gasteiger partial charge in [-0.2, -0.15) is 0 Å². The van der Waals surface area contributed by atoms with E-state index in [1.165, 1.54) is 14.2 Å². The van der Waals surface area contributed by atoms with Gasteiger partial charge in [-0.1, -0.05) is 0 Å². The normalized spacial score (nSPS) is 11.1. The summed E-state index contributed by atoms with van der Waals surface area (Å²) in [5.41, 5.74) is -1.15. The molecule has 0 aliphatic carbocycles. The summed E-state index contributed by atoms with van der Waals surface area (Å²) in [5, 5.41) is 0. The first kappa shape index (κ1) is 17.4. The van der Waals surface area contributed by atoms with Gasteiger partial charge in [-0.3, -0.25) is 0 Å². The average molecular weight is 460 g/mol. The molecule has 1 heterocycles. The highest BCUT2D eigenvalue weighted by molar-refractivity contribution is 14.1. The first-order valence-electron chi connectivity index (χ1n) is 5.57. The van der Waals surface area contributed by atoms with Gasteiger partial charge in [0.05, 0.1) is 7.11 Å². The largest absolute Gasteiger partial charge is 0.472 e. The maximum Gasteiger partial charge on any atom is 0.349 e. The van der Waals surface area contributed by atoms with Gasteiger partial charge in [0, 0.05) is 13.2 Å². The zero-order chi connectivity index (χ0) is 15.3. The first-order valence-corrected chi connectivity index (χ1v) is 7.44. The number of rotatable bonds is 6. The van der Waals surface area contributed by atoms with Crippen molar-refractivity contribution >= 4 is 44.5 Å². The number of aromatic nitrogens is 1. The Morgan fingerprint density at radius 2 is 2.10 bits per heavy atom. The van der Waals surface area contributed by atoms with Gasteiger partial charge in [-0.25, -0.2) is 9.78 Å². The van der Waals surface area contributed by atoms with Crippen molar-refractivity contribution < 1.29 is 23.7 Å². The van der Waals surface area contributed by atoms with Crippen molar-refractivity contribution in [3.63, 3.8) is 0 Å². The van der Waals surface area contributed by atoms with Crippen LogP contribution in [0.4, 0.5) is 0 Å². The second-order valence-corrected chi connectivity index (χ2v) is 6.07. The number of hydrogen-bond acceptors (Lipinski definition) is 6. The van der Waals surface area contributed by atoms with Gasteiger partial charge < -0.3 is 18.9 Å². The number of ether oxygens (including phenoxy) is 4. The van der Waals surface area contributed by atoms with E-state index in [1.54, 1.807) is 19.9 Å². The lowest BCUT2D eigenvalue weighted by atomic mass is 10.1. The quantitative estimate of drug-likeness (QED) is 0.282. The number of halogens is 2. The van der Waals surface area contributed by atoms with Crippen LogP contribution >= 0.6 is 38.5 Å². The lowest BCUT2D eigenvalue weighted by molar-refractivity contribution is -0.156. The van der Waals surface area contributed by atoms with Crippen LogP contribution in [-0.4, -0.2) is 37.6 Å². The Labute approximate surface area is 139 Å². The predicted molar refractivity (Wildman–Crippen MR) is 83.9 cm³/mol. The van der Waals surface area contributed by atoms with Crippen LogP contribution in [-0.2, 0) is 14.3 Å². The van der Waals surface area contributed by atoms with Gasteiger partial charge in [0.2, 0.25) is 0 Å². The molecule has 8 heteroatoms. The lowest BCUT2D eigenvalue weighted by Gasteiger charge is -2.25. The van der Waals surface area contributed by atoms with Gasteiger partial charge in [-0.15, -0.1) is 0 Å². The van der Waals surface area contributed by atoms with Crippen LogP contribution in [0.3, 0.4) is 0 Å². The summed E-state index contributed by atoms with van der Waals surface area (Å²) in [7, 11) is 2.81. The molecule has 0 fully saturated rings. The molecule has 0 saturated heterocycles. The third-order valence-electron chi connectivity index (χ3n) is 2.23. The van der Waals surface area contributed by atoms with E-state index in [-0.39, 0.29) is 6.79 Å². The molecule has 0 aliphatic heterocycles. The fraction of sp³-hybridized carbons (Fsp3) is 0.500. The molecule has 1 rings (SSSR count). The third kappa shape index (κ3) is 4.45. The second kappa shape index (κ2) is 7.41. The minimum absolute atomic E-state index is 0.0376. The number of esters is 1.